The lowest BCUT2D eigenvalue weighted by atomic mass is 10.0. The minimum absolute atomic E-state index is 0.0473. The van der Waals surface area contributed by atoms with Gasteiger partial charge < -0.3 is 10.3 Å². The van der Waals surface area contributed by atoms with Gasteiger partial charge in [0.05, 0.1) is 23.8 Å². The highest BCUT2D eigenvalue weighted by molar-refractivity contribution is 6.07. The third kappa shape index (κ3) is 2.53. The number of aryl methyl sites for hydroxylation is 1. The fourth-order valence-electron chi connectivity index (χ4n) is 2.31. The molecule has 0 spiro atoms. The van der Waals surface area contributed by atoms with Crippen LogP contribution < -0.4 is 16.6 Å². The molecule has 0 atom stereocenters. The van der Waals surface area contributed by atoms with Gasteiger partial charge in [0.15, 0.2) is 0 Å². The molecule has 1 aromatic carbocycles. The Labute approximate surface area is 123 Å². The second kappa shape index (κ2) is 5.32. The van der Waals surface area contributed by atoms with Crippen molar-refractivity contribution in [3.05, 3.63) is 62.1 Å². The second-order valence-electron chi connectivity index (χ2n) is 4.88. The summed E-state index contributed by atoms with van der Waals surface area (Å²) in [6.07, 6.45) is 1.59. The van der Waals surface area contributed by atoms with Crippen LogP contribution in [0.25, 0.3) is 10.9 Å². The van der Waals surface area contributed by atoms with E-state index in [0.29, 0.717) is 11.3 Å². The van der Waals surface area contributed by atoms with Crippen molar-refractivity contribution in [2.24, 2.45) is 0 Å². The average Bonchev–Trinajstić information content (AvgIpc) is 2.92. The summed E-state index contributed by atoms with van der Waals surface area (Å²) in [5, 5.41) is 10.1. The zero-order chi connectivity index (χ0) is 15.7. The maximum Gasteiger partial charge on any atom is 0.325 e. The SMILES string of the molecule is Cc1ccc2[nH]ncc2c1C(=O)NCc1cc(=O)[nH]c(=O)[nH]1. The number of aromatic amines is 3. The molecule has 0 bridgehead atoms. The zero-order valence-corrected chi connectivity index (χ0v) is 11.7. The van der Waals surface area contributed by atoms with Gasteiger partial charge in [0.25, 0.3) is 11.5 Å². The number of benzene rings is 1. The molecule has 0 aliphatic carbocycles. The van der Waals surface area contributed by atoms with Crippen LogP contribution in [-0.2, 0) is 6.54 Å². The summed E-state index contributed by atoms with van der Waals surface area (Å²) in [7, 11) is 0. The Bertz CT molecular complexity index is 938. The molecule has 22 heavy (non-hydrogen) atoms. The second-order valence-corrected chi connectivity index (χ2v) is 4.88. The third-order valence-corrected chi connectivity index (χ3v) is 3.32. The van der Waals surface area contributed by atoms with E-state index < -0.39 is 11.2 Å². The molecule has 0 aliphatic heterocycles. The number of H-pyrrole nitrogens is 3. The van der Waals surface area contributed by atoms with E-state index in [2.05, 4.69) is 25.5 Å². The van der Waals surface area contributed by atoms with Gasteiger partial charge in [-0.05, 0) is 18.6 Å². The van der Waals surface area contributed by atoms with Crippen LogP contribution >= 0.6 is 0 Å². The molecule has 0 fully saturated rings. The van der Waals surface area contributed by atoms with Gasteiger partial charge in [-0.25, -0.2) is 4.79 Å². The predicted octanol–water partition coefficient (Wildman–Crippen LogP) is 0.178. The molecular formula is C14H13N5O3. The van der Waals surface area contributed by atoms with E-state index in [9.17, 15) is 14.4 Å². The Kier molecular flexibility index (Phi) is 3.34. The molecule has 112 valence electrons. The quantitative estimate of drug-likeness (QED) is 0.550. The van der Waals surface area contributed by atoms with Crippen molar-refractivity contribution >= 4 is 16.8 Å². The summed E-state index contributed by atoms with van der Waals surface area (Å²) in [6, 6.07) is 4.90. The van der Waals surface area contributed by atoms with E-state index in [4.69, 9.17) is 0 Å². The number of fused-ring (bicyclic) bond motifs is 1. The van der Waals surface area contributed by atoms with Gasteiger partial charge in [-0.3, -0.25) is 19.7 Å². The summed E-state index contributed by atoms with van der Waals surface area (Å²) in [6.45, 7) is 1.88. The highest BCUT2D eigenvalue weighted by atomic mass is 16.2. The number of carbonyl (C=O) groups is 1. The van der Waals surface area contributed by atoms with Crippen LogP contribution in [0.4, 0.5) is 0 Å². The number of nitrogens with zero attached hydrogens (tertiary/aromatic N) is 1. The molecule has 4 N–H and O–H groups in total. The fraction of sp³-hybridized carbons (Fsp3) is 0.143. The van der Waals surface area contributed by atoms with Gasteiger partial charge >= 0.3 is 5.69 Å². The molecule has 3 aromatic rings. The van der Waals surface area contributed by atoms with Crippen molar-refractivity contribution in [1.29, 1.82) is 0 Å². The predicted molar refractivity (Wildman–Crippen MR) is 79.7 cm³/mol. The maximum atomic E-state index is 12.4. The molecule has 0 saturated heterocycles. The zero-order valence-electron chi connectivity index (χ0n) is 11.7. The average molecular weight is 299 g/mol. The van der Waals surface area contributed by atoms with Crippen LogP contribution in [-0.4, -0.2) is 26.1 Å². The lowest BCUT2D eigenvalue weighted by molar-refractivity contribution is 0.0951. The number of rotatable bonds is 3. The third-order valence-electron chi connectivity index (χ3n) is 3.32. The number of hydrogen-bond acceptors (Lipinski definition) is 4. The van der Waals surface area contributed by atoms with Crippen LogP contribution in [0.3, 0.4) is 0 Å². The number of hydrogen-bond donors (Lipinski definition) is 4. The van der Waals surface area contributed by atoms with Gasteiger partial charge in [-0.15, -0.1) is 0 Å². The Morgan fingerprint density at radius 1 is 1.27 bits per heavy atom. The van der Waals surface area contributed by atoms with E-state index in [1.807, 2.05) is 19.1 Å². The first-order valence-electron chi connectivity index (χ1n) is 6.58. The van der Waals surface area contributed by atoms with Gasteiger partial charge in [-0.2, -0.15) is 5.10 Å². The van der Waals surface area contributed by atoms with Crippen molar-refractivity contribution in [3.8, 4) is 0 Å². The van der Waals surface area contributed by atoms with Crippen LogP contribution in [0.5, 0.6) is 0 Å². The molecule has 0 radical (unpaired) electrons. The smallest absolute Gasteiger partial charge is 0.325 e. The summed E-state index contributed by atoms with van der Waals surface area (Å²) >= 11 is 0. The molecule has 2 heterocycles. The van der Waals surface area contributed by atoms with E-state index in [1.165, 1.54) is 6.07 Å². The van der Waals surface area contributed by atoms with Gasteiger partial charge in [0, 0.05) is 17.1 Å². The lowest BCUT2D eigenvalue weighted by Crippen LogP contribution is -2.28. The van der Waals surface area contributed by atoms with Crippen LogP contribution in [0.1, 0.15) is 21.6 Å². The first-order chi connectivity index (χ1) is 10.5. The molecule has 2 aromatic heterocycles. The highest BCUT2D eigenvalue weighted by Gasteiger charge is 2.14. The largest absolute Gasteiger partial charge is 0.346 e. The van der Waals surface area contributed by atoms with Crippen LogP contribution in [0.15, 0.2) is 34.0 Å². The van der Waals surface area contributed by atoms with Crippen LogP contribution in [0, 0.1) is 6.92 Å². The minimum atomic E-state index is -0.607. The monoisotopic (exact) mass is 299 g/mol. The highest BCUT2D eigenvalue weighted by Crippen LogP contribution is 2.20. The number of nitrogens with one attached hydrogen (secondary N) is 4. The van der Waals surface area contributed by atoms with E-state index in [0.717, 1.165) is 16.5 Å². The molecule has 8 nitrogen and oxygen atoms in total. The van der Waals surface area contributed by atoms with Crippen molar-refractivity contribution in [2.75, 3.05) is 0 Å². The summed E-state index contributed by atoms with van der Waals surface area (Å²) in [5.41, 5.74) is 1.30. The molecule has 0 aliphatic rings. The maximum absolute atomic E-state index is 12.4. The molecule has 8 heteroatoms. The Hall–Kier alpha value is -3.16. The Balaban J connectivity index is 1.87. The van der Waals surface area contributed by atoms with Gasteiger partial charge in [-0.1, -0.05) is 6.07 Å². The molecule has 3 rings (SSSR count). The van der Waals surface area contributed by atoms with E-state index in [-0.39, 0.29) is 12.5 Å². The molecular weight excluding hydrogens is 286 g/mol. The van der Waals surface area contributed by atoms with Crippen molar-refractivity contribution in [2.45, 2.75) is 13.5 Å². The van der Waals surface area contributed by atoms with Crippen molar-refractivity contribution < 1.29 is 4.79 Å². The number of amides is 1. The van der Waals surface area contributed by atoms with Crippen LogP contribution in [0.2, 0.25) is 0 Å². The molecule has 0 saturated carbocycles. The standard InChI is InChI=1S/C14H13N5O3/c1-7-2-3-10-9(6-16-19-10)12(7)13(21)15-5-8-4-11(20)18-14(22)17-8/h2-4,6H,5H2,1H3,(H,15,21)(H,16,19)(H2,17,18,20,22). The van der Waals surface area contributed by atoms with Crippen molar-refractivity contribution in [3.63, 3.8) is 0 Å². The Morgan fingerprint density at radius 2 is 2.09 bits per heavy atom. The minimum Gasteiger partial charge on any atom is -0.346 e. The summed E-state index contributed by atoms with van der Waals surface area (Å²) in [4.78, 5) is 39.3. The normalized spacial score (nSPS) is 10.8. The van der Waals surface area contributed by atoms with E-state index >= 15 is 0 Å². The molecule has 1 amide bonds. The van der Waals surface area contributed by atoms with E-state index in [1.54, 1.807) is 6.20 Å². The topological polar surface area (TPSA) is 123 Å². The number of carbonyl (C=O) groups excluding carboxylic acids is 1. The fourth-order valence-corrected chi connectivity index (χ4v) is 2.31. The lowest BCUT2D eigenvalue weighted by Gasteiger charge is -2.08. The summed E-state index contributed by atoms with van der Waals surface area (Å²) < 4.78 is 0. The molecule has 0 unspecified atom stereocenters. The Morgan fingerprint density at radius 3 is 2.86 bits per heavy atom. The summed E-state index contributed by atoms with van der Waals surface area (Å²) in [5.74, 6) is -0.300. The number of aromatic nitrogens is 4. The first-order valence-corrected chi connectivity index (χ1v) is 6.58. The first kappa shape index (κ1) is 13.8. The van der Waals surface area contributed by atoms with Crippen molar-refractivity contribution in [1.82, 2.24) is 25.5 Å². The van der Waals surface area contributed by atoms with Gasteiger partial charge in [0.1, 0.15) is 0 Å². The van der Waals surface area contributed by atoms with Gasteiger partial charge in [0.2, 0.25) is 0 Å².